The fraction of sp³-hybridized carbons (Fsp3) is 0. The fourth-order valence-corrected chi connectivity index (χ4v) is 2.50. The number of nitrogen functional groups attached to an aromatic ring is 1. The molecule has 0 aliphatic heterocycles. The second-order valence-corrected chi connectivity index (χ2v) is 5.45. The minimum absolute atomic E-state index is 0.144. The first-order valence-corrected chi connectivity index (χ1v) is 6.76. The first kappa shape index (κ1) is 15.2. The fourth-order valence-electron chi connectivity index (χ4n) is 1.42. The van der Waals surface area contributed by atoms with Crippen molar-refractivity contribution in [3.63, 3.8) is 0 Å². The molecule has 1 aromatic heterocycles. The molecule has 0 spiro atoms. The average molecular weight is 351 g/mol. The van der Waals surface area contributed by atoms with Crippen molar-refractivity contribution in [1.82, 2.24) is 4.98 Å². The molecule has 104 valence electrons. The van der Waals surface area contributed by atoms with E-state index in [9.17, 15) is 4.79 Å². The van der Waals surface area contributed by atoms with E-state index in [0.717, 1.165) is 0 Å². The van der Waals surface area contributed by atoms with Crippen LogP contribution in [0, 0.1) is 0 Å². The molecule has 1 heterocycles. The number of nitrogens with two attached hydrogens (primary N) is 1. The first-order chi connectivity index (χ1) is 9.38. The van der Waals surface area contributed by atoms with E-state index in [2.05, 4.69) is 10.3 Å². The Morgan fingerprint density at radius 1 is 1.05 bits per heavy atom. The van der Waals surface area contributed by atoms with Crippen LogP contribution in [0.15, 0.2) is 24.4 Å². The van der Waals surface area contributed by atoms with Crippen molar-refractivity contribution in [3.8, 4) is 0 Å². The molecule has 20 heavy (non-hydrogen) atoms. The topological polar surface area (TPSA) is 68.0 Å². The Morgan fingerprint density at radius 2 is 1.65 bits per heavy atom. The summed E-state index contributed by atoms with van der Waals surface area (Å²) in [5, 5.41) is 3.58. The van der Waals surface area contributed by atoms with Crippen LogP contribution in [0.1, 0.15) is 10.4 Å². The summed E-state index contributed by atoms with van der Waals surface area (Å²) in [6, 6.07) is 4.34. The summed E-state index contributed by atoms with van der Waals surface area (Å²) >= 11 is 23.6. The molecule has 0 atom stereocenters. The van der Waals surface area contributed by atoms with Crippen LogP contribution in [0.2, 0.25) is 20.1 Å². The van der Waals surface area contributed by atoms with Gasteiger partial charge in [0.15, 0.2) is 0 Å². The molecule has 2 aromatic rings. The van der Waals surface area contributed by atoms with Crippen molar-refractivity contribution >= 4 is 63.8 Å². The van der Waals surface area contributed by atoms with Crippen LogP contribution in [0.3, 0.4) is 0 Å². The molecule has 0 aliphatic rings. The lowest BCUT2D eigenvalue weighted by Crippen LogP contribution is -2.13. The summed E-state index contributed by atoms with van der Waals surface area (Å²) in [6.07, 6.45) is 1.30. The zero-order valence-electron chi connectivity index (χ0n) is 9.75. The zero-order valence-corrected chi connectivity index (χ0v) is 12.8. The van der Waals surface area contributed by atoms with Gasteiger partial charge in [-0.15, -0.1) is 0 Å². The molecule has 0 unspecified atom stereocenters. The van der Waals surface area contributed by atoms with Gasteiger partial charge in [-0.3, -0.25) is 4.79 Å². The highest BCUT2D eigenvalue weighted by Gasteiger charge is 2.14. The number of hydrogen-bond donors (Lipinski definition) is 2. The van der Waals surface area contributed by atoms with E-state index < -0.39 is 5.91 Å². The van der Waals surface area contributed by atoms with Crippen LogP contribution in [0.25, 0.3) is 0 Å². The van der Waals surface area contributed by atoms with E-state index in [0.29, 0.717) is 5.02 Å². The molecular weight excluding hydrogens is 344 g/mol. The molecule has 1 amide bonds. The van der Waals surface area contributed by atoms with Gasteiger partial charge >= 0.3 is 0 Å². The molecule has 0 bridgehead atoms. The van der Waals surface area contributed by atoms with Crippen molar-refractivity contribution in [3.05, 3.63) is 50.0 Å². The maximum absolute atomic E-state index is 12.1. The van der Waals surface area contributed by atoms with Crippen LogP contribution in [0.5, 0.6) is 0 Å². The van der Waals surface area contributed by atoms with Crippen LogP contribution < -0.4 is 11.1 Å². The zero-order chi connectivity index (χ0) is 14.9. The molecule has 8 heteroatoms. The normalized spacial score (nSPS) is 10.4. The number of nitrogens with zero attached hydrogens (tertiary/aromatic N) is 1. The highest BCUT2D eigenvalue weighted by atomic mass is 35.5. The molecular formula is C12H7Cl4N3O. The summed E-state index contributed by atoms with van der Waals surface area (Å²) in [5.74, 6) is -0.323. The van der Waals surface area contributed by atoms with E-state index in [1.807, 2.05) is 0 Å². The molecule has 0 aliphatic carbocycles. The predicted octanol–water partition coefficient (Wildman–Crippen LogP) is 4.53. The van der Waals surface area contributed by atoms with Gasteiger partial charge in [0.05, 0.1) is 26.3 Å². The number of carbonyl (C=O) groups is 1. The van der Waals surface area contributed by atoms with E-state index >= 15 is 0 Å². The Morgan fingerprint density at radius 3 is 2.20 bits per heavy atom. The molecule has 0 saturated carbocycles. The lowest BCUT2D eigenvalue weighted by Gasteiger charge is -2.10. The first-order valence-electron chi connectivity index (χ1n) is 5.25. The SMILES string of the molecule is Nc1ncc(C(=O)Nc2c(Cl)cc(Cl)cc2Cl)cc1Cl. The van der Waals surface area contributed by atoms with E-state index in [4.69, 9.17) is 52.1 Å². The number of benzene rings is 1. The lowest BCUT2D eigenvalue weighted by atomic mass is 10.2. The Labute approximate surface area is 134 Å². The largest absolute Gasteiger partial charge is 0.382 e. The number of nitrogens with one attached hydrogen (secondary N) is 1. The predicted molar refractivity (Wildman–Crippen MR) is 83.1 cm³/mol. The standard InChI is InChI=1S/C12H7Cl4N3O/c13-6-2-7(14)10(8(15)3-6)19-12(20)5-1-9(16)11(17)18-4-5/h1-4H,(H2,17,18)(H,19,20). The summed E-state index contributed by atoms with van der Waals surface area (Å²) in [7, 11) is 0. The van der Waals surface area contributed by atoms with Crippen molar-refractivity contribution in [2.24, 2.45) is 0 Å². The van der Waals surface area contributed by atoms with Crippen molar-refractivity contribution in [2.45, 2.75) is 0 Å². The van der Waals surface area contributed by atoms with E-state index in [1.54, 1.807) is 0 Å². The minimum Gasteiger partial charge on any atom is -0.382 e. The third-order valence-corrected chi connectivity index (χ3v) is 3.49. The molecule has 1 aromatic carbocycles. The Hall–Kier alpha value is -1.20. The van der Waals surface area contributed by atoms with Crippen molar-refractivity contribution < 1.29 is 4.79 Å². The average Bonchev–Trinajstić information content (AvgIpc) is 2.36. The number of hydrogen-bond acceptors (Lipinski definition) is 3. The summed E-state index contributed by atoms with van der Waals surface area (Å²) in [6.45, 7) is 0. The van der Waals surface area contributed by atoms with Gasteiger partial charge in [0.25, 0.3) is 5.91 Å². The Bertz CT molecular complexity index is 667. The molecule has 4 nitrogen and oxygen atoms in total. The van der Waals surface area contributed by atoms with E-state index in [-0.39, 0.29) is 32.1 Å². The Balaban J connectivity index is 2.30. The molecule has 2 rings (SSSR count). The highest BCUT2D eigenvalue weighted by Crippen LogP contribution is 2.34. The Kier molecular flexibility index (Phi) is 4.60. The smallest absolute Gasteiger partial charge is 0.257 e. The lowest BCUT2D eigenvalue weighted by molar-refractivity contribution is 0.102. The number of anilines is 2. The monoisotopic (exact) mass is 349 g/mol. The van der Waals surface area contributed by atoms with Crippen LogP contribution in [-0.4, -0.2) is 10.9 Å². The van der Waals surface area contributed by atoms with Gasteiger partial charge in [0.1, 0.15) is 5.82 Å². The maximum Gasteiger partial charge on any atom is 0.257 e. The molecule has 0 fully saturated rings. The van der Waals surface area contributed by atoms with Crippen LogP contribution in [-0.2, 0) is 0 Å². The second-order valence-electron chi connectivity index (χ2n) is 3.79. The van der Waals surface area contributed by atoms with Gasteiger partial charge in [-0.25, -0.2) is 4.98 Å². The summed E-state index contributed by atoms with van der Waals surface area (Å²) < 4.78 is 0. The number of carbonyl (C=O) groups excluding carboxylic acids is 1. The molecule has 0 saturated heterocycles. The van der Waals surface area contributed by atoms with Gasteiger partial charge in [-0.05, 0) is 18.2 Å². The number of halogens is 4. The third kappa shape index (κ3) is 3.27. The quantitative estimate of drug-likeness (QED) is 0.835. The maximum atomic E-state index is 12.1. The van der Waals surface area contributed by atoms with Gasteiger partial charge in [0.2, 0.25) is 0 Å². The number of rotatable bonds is 2. The van der Waals surface area contributed by atoms with Gasteiger partial charge in [-0.1, -0.05) is 46.4 Å². The second kappa shape index (κ2) is 6.06. The van der Waals surface area contributed by atoms with Crippen molar-refractivity contribution in [2.75, 3.05) is 11.1 Å². The van der Waals surface area contributed by atoms with Crippen molar-refractivity contribution in [1.29, 1.82) is 0 Å². The summed E-state index contributed by atoms with van der Waals surface area (Å²) in [4.78, 5) is 15.9. The highest BCUT2D eigenvalue weighted by molar-refractivity contribution is 6.42. The summed E-state index contributed by atoms with van der Waals surface area (Å²) in [5.41, 5.74) is 5.96. The molecule has 3 N–H and O–H groups in total. The van der Waals surface area contributed by atoms with E-state index in [1.165, 1.54) is 24.4 Å². The van der Waals surface area contributed by atoms with Crippen LogP contribution >= 0.6 is 46.4 Å². The number of aromatic nitrogens is 1. The number of amides is 1. The van der Waals surface area contributed by atoms with Gasteiger partial charge in [-0.2, -0.15) is 0 Å². The minimum atomic E-state index is -0.467. The van der Waals surface area contributed by atoms with Gasteiger partial charge < -0.3 is 11.1 Å². The molecule has 0 radical (unpaired) electrons. The van der Waals surface area contributed by atoms with Crippen LogP contribution in [0.4, 0.5) is 11.5 Å². The third-order valence-electron chi connectivity index (χ3n) is 2.38. The van der Waals surface area contributed by atoms with Gasteiger partial charge in [0, 0.05) is 11.2 Å². The number of pyridine rings is 1.